The number of nitrogens with zero attached hydrogens (tertiary/aromatic N) is 1. The maximum absolute atomic E-state index is 12.6. The van der Waals surface area contributed by atoms with Gasteiger partial charge in [0.05, 0.1) is 11.6 Å². The molecule has 1 aliphatic rings. The second kappa shape index (κ2) is 6.66. The van der Waals surface area contributed by atoms with Crippen molar-refractivity contribution in [1.82, 2.24) is 4.90 Å². The van der Waals surface area contributed by atoms with Gasteiger partial charge in [0.25, 0.3) is 0 Å². The lowest BCUT2D eigenvalue weighted by molar-refractivity contribution is 0.0695. The highest BCUT2D eigenvalue weighted by atomic mass is 16.4. The normalized spacial score (nSPS) is 17.1. The van der Waals surface area contributed by atoms with E-state index in [0.717, 1.165) is 38.8 Å². The van der Waals surface area contributed by atoms with Gasteiger partial charge in [-0.3, -0.25) is 9.69 Å². The number of hydrogen-bond acceptors (Lipinski definition) is 3. The summed E-state index contributed by atoms with van der Waals surface area (Å²) in [6.45, 7) is 4.07. The Morgan fingerprint density at radius 3 is 2.20 bits per heavy atom. The molecule has 4 heteroatoms. The summed E-state index contributed by atoms with van der Waals surface area (Å²) in [5, 5.41) is 8.89. The first-order chi connectivity index (χ1) is 9.63. The Morgan fingerprint density at radius 2 is 1.70 bits per heavy atom. The van der Waals surface area contributed by atoms with Crippen LogP contribution < -0.4 is 0 Å². The van der Waals surface area contributed by atoms with Crippen molar-refractivity contribution in [3.05, 3.63) is 35.4 Å². The average Bonchev–Trinajstić information content (AvgIpc) is 2.98. The molecular weight excluding hydrogens is 254 g/mol. The number of rotatable bonds is 6. The molecule has 2 rings (SSSR count). The number of carboxylic acids is 1. The summed E-state index contributed by atoms with van der Waals surface area (Å²) in [6.07, 6.45) is 4.15. The van der Waals surface area contributed by atoms with Crippen LogP contribution in [-0.4, -0.2) is 40.9 Å². The van der Waals surface area contributed by atoms with Gasteiger partial charge in [-0.15, -0.1) is 0 Å². The van der Waals surface area contributed by atoms with Crippen LogP contribution in [0.15, 0.2) is 24.3 Å². The van der Waals surface area contributed by atoms with Crippen molar-refractivity contribution in [1.29, 1.82) is 0 Å². The number of Topliss-reactive ketones (excluding diaryl/α,β-unsaturated/α-hetero) is 1. The monoisotopic (exact) mass is 275 g/mol. The van der Waals surface area contributed by atoms with Gasteiger partial charge in [-0.2, -0.15) is 0 Å². The highest BCUT2D eigenvalue weighted by Gasteiger charge is 2.28. The SMILES string of the molecule is CCCC(C(=O)c1ccc(C(=O)O)cc1)N1CCCC1. The lowest BCUT2D eigenvalue weighted by atomic mass is 9.98. The zero-order valence-electron chi connectivity index (χ0n) is 11.8. The van der Waals surface area contributed by atoms with E-state index in [0.29, 0.717) is 5.56 Å². The molecule has 0 aliphatic carbocycles. The Bertz CT molecular complexity index is 475. The Morgan fingerprint density at radius 1 is 1.15 bits per heavy atom. The fraction of sp³-hybridized carbons (Fsp3) is 0.500. The number of carbonyl (C=O) groups is 2. The second-order valence-electron chi connectivity index (χ2n) is 5.29. The minimum atomic E-state index is -0.964. The van der Waals surface area contributed by atoms with Crippen molar-refractivity contribution in [2.45, 2.75) is 38.6 Å². The number of benzene rings is 1. The quantitative estimate of drug-likeness (QED) is 0.811. The molecule has 1 aromatic rings. The summed E-state index contributed by atoms with van der Waals surface area (Å²) in [5.41, 5.74) is 0.829. The number of carbonyl (C=O) groups excluding carboxylic acids is 1. The van der Waals surface area contributed by atoms with Gasteiger partial charge in [0.1, 0.15) is 0 Å². The smallest absolute Gasteiger partial charge is 0.335 e. The van der Waals surface area contributed by atoms with E-state index in [9.17, 15) is 9.59 Å². The highest BCUT2D eigenvalue weighted by molar-refractivity contribution is 6.01. The molecule has 108 valence electrons. The maximum atomic E-state index is 12.6. The number of hydrogen-bond donors (Lipinski definition) is 1. The maximum Gasteiger partial charge on any atom is 0.335 e. The van der Waals surface area contributed by atoms with Crippen molar-refractivity contribution in [2.24, 2.45) is 0 Å². The molecule has 1 aromatic carbocycles. The van der Waals surface area contributed by atoms with E-state index in [-0.39, 0.29) is 17.4 Å². The van der Waals surface area contributed by atoms with Crippen molar-refractivity contribution in [3.8, 4) is 0 Å². The fourth-order valence-corrected chi connectivity index (χ4v) is 2.78. The third kappa shape index (κ3) is 3.25. The number of likely N-dealkylation sites (tertiary alicyclic amines) is 1. The van der Waals surface area contributed by atoms with Crippen LogP contribution in [0, 0.1) is 0 Å². The lowest BCUT2D eigenvalue weighted by Crippen LogP contribution is -2.39. The van der Waals surface area contributed by atoms with Gasteiger partial charge in [0, 0.05) is 5.56 Å². The van der Waals surface area contributed by atoms with Crippen molar-refractivity contribution >= 4 is 11.8 Å². The van der Waals surface area contributed by atoms with Crippen LogP contribution in [0.25, 0.3) is 0 Å². The summed E-state index contributed by atoms with van der Waals surface area (Å²) in [7, 11) is 0. The molecule has 1 aliphatic heterocycles. The van der Waals surface area contributed by atoms with Crippen LogP contribution in [0.3, 0.4) is 0 Å². The average molecular weight is 275 g/mol. The van der Waals surface area contributed by atoms with Crippen molar-refractivity contribution < 1.29 is 14.7 Å². The van der Waals surface area contributed by atoms with Crippen LogP contribution in [0.5, 0.6) is 0 Å². The van der Waals surface area contributed by atoms with Gasteiger partial charge < -0.3 is 5.11 Å². The van der Waals surface area contributed by atoms with Crippen LogP contribution >= 0.6 is 0 Å². The zero-order valence-corrected chi connectivity index (χ0v) is 11.8. The Balaban J connectivity index is 2.15. The van der Waals surface area contributed by atoms with E-state index < -0.39 is 5.97 Å². The molecule has 1 atom stereocenters. The first-order valence-corrected chi connectivity index (χ1v) is 7.25. The van der Waals surface area contributed by atoms with Gasteiger partial charge in [-0.1, -0.05) is 25.5 Å². The molecule has 0 bridgehead atoms. The largest absolute Gasteiger partial charge is 0.478 e. The van der Waals surface area contributed by atoms with E-state index in [1.807, 2.05) is 0 Å². The minimum Gasteiger partial charge on any atom is -0.478 e. The number of aromatic carboxylic acids is 1. The highest BCUT2D eigenvalue weighted by Crippen LogP contribution is 2.19. The number of ketones is 1. The van der Waals surface area contributed by atoms with Crippen LogP contribution in [-0.2, 0) is 0 Å². The van der Waals surface area contributed by atoms with Gasteiger partial charge in [0.15, 0.2) is 5.78 Å². The molecule has 20 heavy (non-hydrogen) atoms. The Labute approximate surface area is 119 Å². The molecule has 0 amide bonds. The van der Waals surface area contributed by atoms with Gasteiger partial charge in [-0.05, 0) is 44.5 Å². The number of carboxylic acid groups (broad SMARTS) is 1. The molecular formula is C16H21NO3. The van der Waals surface area contributed by atoms with Gasteiger partial charge in [-0.25, -0.2) is 4.79 Å². The molecule has 1 heterocycles. The summed E-state index contributed by atoms with van der Waals surface area (Å²) in [4.78, 5) is 25.7. The lowest BCUT2D eigenvalue weighted by Gasteiger charge is -2.26. The molecule has 1 unspecified atom stereocenters. The van der Waals surface area contributed by atoms with Gasteiger partial charge >= 0.3 is 5.97 Å². The molecule has 0 radical (unpaired) electrons. The van der Waals surface area contributed by atoms with Crippen molar-refractivity contribution in [2.75, 3.05) is 13.1 Å². The van der Waals surface area contributed by atoms with E-state index in [4.69, 9.17) is 5.11 Å². The standard InChI is InChI=1S/C16H21NO3/c1-2-5-14(17-10-3-4-11-17)15(18)12-6-8-13(9-7-12)16(19)20/h6-9,14H,2-5,10-11H2,1H3,(H,19,20). The third-order valence-corrected chi connectivity index (χ3v) is 3.86. The van der Waals surface area contributed by atoms with E-state index >= 15 is 0 Å². The molecule has 0 spiro atoms. The van der Waals surface area contributed by atoms with Gasteiger partial charge in [0.2, 0.25) is 0 Å². The Kier molecular flexibility index (Phi) is 4.90. The first-order valence-electron chi connectivity index (χ1n) is 7.25. The second-order valence-corrected chi connectivity index (χ2v) is 5.29. The fourth-order valence-electron chi connectivity index (χ4n) is 2.78. The van der Waals surface area contributed by atoms with E-state index in [1.165, 1.54) is 12.1 Å². The van der Waals surface area contributed by atoms with E-state index in [1.54, 1.807) is 12.1 Å². The molecule has 1 saturated heterocycles. The summed E-state index contributed by atoms with van der Waals surface area (Å²) >= 11 is 0. The van der Waals surface area contributed by atoms with Crippen molar-refractivity contribution in [3.63, 3.8) is 0 Å². The first kappa shape index (κ1) is 14.7. The topological polar surface area (TPSA) is 57.6 Å². The molecule has 4 nitrogen and oxygen atoms in total. The van der Waals surface area contributed by atoms with E-state index in [2.05, 4.69) is 11.8 Å². The predicted molar refractivity (Wildman–Crippen MR) is 77.2 cm³/mol. The third-order valence-electron chi connectivity index (χ3n) is 3.86. The Hall–Kier alpha value is -1.68. The predicted octanol–water partition coefficient (Wildman–Crippen LogP) is 2.83. The molecule has 0 aromatic heterocycles. The summed E-state index contributed by atoms with van der Waals surface area (Å²) in [6, 6.07) is 6.21. The van der Waals surface area contributed by atoms with Crippen LogP contribution in [0.2, 0.25) is 0 Å². The summed E-state index contributed by atoms with van der Waals surface area (Å²) < 4.78 is 0. The van der Waals surface area contributed by atoms with Crippen LogP contribution in [0.4, 0.5) is 0 Å². The summed E-state index contributed by atoms with van der Waals surface area (Å²) in [5.74, 6) is -0.848. The molecule has 0 saturated carbocycles. The zero-order chi connectivity index (χ0) is 14.5. The molecule has 1 N–H and O–H groups in total. The van der Waals surface area contributed by atoms with Crippen LogP contribution in [0.1, 0.15) is 53.3 Å². The minimum absolute atomic E-state index is 0.0572. The molecule has 1 fully saturated rings.